The number of halogens is 1. The largest absolute Gasteiger partial charge is 0.211 e. The topological polar surface area (TPSA) is 54.5 Å². The Morgan fingerprint density at radius 2 is 1.94 bits per heavy atom. The van der Waals surface area contributed by atoms with Crippen LogP contribution in [0.25, 0.3) is 16.7 Å². The Bertz CT molecular complexity index is 770. The molecule has 0 unspecified atom stereocenters. The van der Waals surface area contributed by atoms with E-state index in [0.29, 0.717) is 16.3 Å². The van der Waals surface area contributed by atoms with Crippen molar-refractivity contribution in [2.45, 2.75) is 0 Å². The Kier molecular flexibility index (Phi) is 2.47. The van der Waals surface area contributed by atoms with Crippen molar-refractivity contribution in [3.05, 3.63) is 53.1 Å². The summed E-state index contributed by atoms with van der Waals surface area (Å²) in [6.45, 7) is 0. The summed E-state index contributed by atoms with van der Waals surface area (Å²) in [7, 11) is 0. The molecule has 0 atom stereocenters. The lowest BCUT2D eigenvalue weighted by Gasteiger charge is -2.05. The highest BCUT2D eigenvalue weighted by molar-refractivity contribution is 6.32. The van der Waals surface area contributed by atoms with Gasteiger partial charge >= 0.3 is 0 Å². The summed E-state index contributed by atoms with van der Waals surface area (Å²) < 4.78 is 1.62. The quantitative estimate of drug-likeness (QED) is 0.671. The van der Waals surface area contributed by atoms with Gasteiger partial charge in [-0.05, 0) is 24.3 Å². The monoisotopic (exact) mass is 254 g/mol. The van der Waals surface area contributed by atoms with Crippen molar-refractivity contribution >= 4 is 22.6 Å². The van der Waals surface area contributed by atoms with E-state index in [9.17, 15) is 5.26 Å². The number of hydrogen-bond acceptors (Lipinski definition) is 3. The van der Waals surface area contributed by atoms with Crippen LogP contribution in [-0.4, -0.2) is 15.0 Å². The van der Waals surface area contributed by atoms with E-state index in [1.54, 1.807) is 22.9 Å². The molecule has 86 valence electrons. The summed E-state index contributed by atoms with van der Waals surface area (Å²) in [5, 5.41) is 17.7. The van der Waals surface area contributed by atoms with Gasteiger partial charge in [0.05, 0.1) is 21.8 Å². The van der Waals surface area contributed by atoms with Crippen LogP contribution >= 0.6 is 11.6 Å². The third-order valence-corrected chi connectivity index (χ3v) is 3.00. The second-order valence-electron chi connectivity index (χ2n) is 3.74. The van der Waals surface area contributed by atoms with Gasteiger partial charge in [0.25, 0.3) is 0 Å². The highest BCUT2D eigenvalue weighted by Crippen LogP contribution is 2.24. The first kappa shape index (κ1) is 10.8. The Hall–Kier alpha value is -2.38. The van der Waals surface area contributed by atoms with Gasteiger partial charge in [0.15, 0.2) is 0 Å². The third kappa shape index (κ3) is 1.53. The molecule has 3 aromatic rings. The predicted molar refractivity (Wildman–Crippen MR) is 68.6 cm³/mol. The third-order valence-electron chi connectivity index (χ3n) is 2.68. The molecular formula is C13H7ClN4. The van der Waals surface area contributed by atoms with Crippen LogP contribution in [-0.2, 0) is 0 Å². The molecular weight excluding hydrogens is 248 g/mol. The van der Waals surface area contributed by atoms with Crippen molar-refractivity contribution in [2.24, 2.45) is 0 Å². The molecule has 0 fully saturated rings. The molecule has 1 aromatic heterocycles. The fraction of sp³-hybridized carbons (Fsp3) is 0. The number of para-hydroxylation sites is 1. The minimum atomic E-state index is 0.398. The highest BCUT2D eigenvalue weighted by atomic mass is 35.5. The number of aromatic nitrogens is 3. The van der Waals surface area contributed by atoms with Crippen LogP contribution in [0.4, 0.5) is 0 Å². The maximum absolute atomic E-state index is 9.17. The molecule has 18 heavy (non-hydrogen) atoms. The van der Waals surface area contributed by atoms with Gasteiger partial charge in [0.1, 0.15) is 11.6 Å². The van der Waals surface area contributed by atoms with Gasteiger partial charge in [-0.25, -0.2) is 4.68 Å². The van der Waals surface area contributed by atoms with Crippen LogP contribution < -0.4 is 0 Å². The van der Waals surface area contributed by atoms with E-state index in [4.69, 9.17) is 11.6 Å². The summed E-state index contributed by atoms with van der Waals surface area (Å²) in [5.41, 5.74) is 2.66. The SMILES string of the molecule is N#Cc1c(Cl)cccc1-n1nnc2ccccc21. The smallest absolute Gasteiger partial charge is 0.113 e. The van der Waals surface area contributed by atoms with Crippen molar-refractivity contribution in [3.8, 4) is 11.8 Å². The zero-order chi connectivity index (χ0) is 12.5. The lowest BCUT2D eigenvalue weighted by molar-refractivity contribution is 0.822. The summed E-state index contributed by atoms with van der Waals surface area (Å²) in [6, 6.07) is 14.9. The molecule has 0 bridgehead atoms. The van der Waals surface area contributed by atoms with E-state index in [-0.39, 0.29) is 0 Å². The van der Waals surface area contributed by atoms with Crippen molar-refractivity contribution in [2.75, 3.05) is 0 Å². The Balaban J connectivity index is 2.34. The van der Waals surface area contributed by atoms with Gasteiger partial charge in [-0.1, -0.05) is 35.0 Å². The number of hydrogen-bond donors (Lipinski definition) is 0. The van der Waals surface area contributed by atoms with E-state index in [2.05, 4.69) is 16.4 Å². The van der Waals surface area contributed by atoms with Gasteiger partial charge in [-0.2, -0.15) is 5.26 Å². The minimum absolute atomic E-state index is 0.398. The molecule has 0 N–H and O–H groups in total. The average molecular weight is 255 g/mol. The van der Waals surface area contributed by atoms with Crippen LogP contribution in [0.2, 0.25) is 5.02 Å². The van der Waals surface area contributed by atoms with Crippen LogP contribution in [0.1, 0.15) is 5.56 Å². The summed E-state index contributed by atoms with van der Waals surface area (Å²) >= 11 is 6.01. The fourth-order valence-corrected chi connectivity index (χ4v) is 2.06. The van der Waals surface area contributed by atoms with E-state index < -0.39 is 0 Å². The van der Waals surface area contributed by atoms with Gasteiger partial charge in [0.2, 0.25) is 0 Å². The van der Waals surface area contributed by atoms with Gasteiger partial charge in [-0.15, -0.1) is 5.10 Å². The highest BCUT2D eigenvalue weighted by Gasteiger charge is 2.12. The number of benzene rings is 2. The Labute approximate surface area is 108 Å². The number of nitrogens with zero attached hydrogens (tertiary/aromatic N) is 4. The van der Waals surface area contributed by atoms with Crippen LogP contribution in [0.3, 0.4) is 0 Å². The molecule has 1 heterocycles. The first-order valence-corrected chi connectivity index (χ1v) is 5.68. The molecule has 0 spiro atoms. The number of fused-ring (bicyclic) bond motifs is 1. The average Bonchev–Trinajstić information content (AvgIpc) is 2.82. The van der Waals surface area contributed by atoms with Crippen molar-refractivity contribution in [1.82, 2.24) is 15.0 Å². The van der Waals surface area contributed by atoms with E-state index in [1.807, 2.05) is 24.3 Å². The zero-order valence-electron chi connectivity index (χ0n) is 9.21. The number of nitriles is 1. The molecule has 4 nitrogen and oxygen atoms in total. The van der Waals surface area contributed by atoms with E-state index in [0.717, 1.165) is 11.0 Å². The zero-order valence-corrected chi connectivity index (χ0v) is 9.96. The van der Waals surface area contributed by atoms with Gasteiger partial charge in [0, 0.05) is 0 Å². The molecule has 0 aliphatic heterocycles. The Morgan fingerprint density at radius 1 is 1.11 bits per heavy atom. The lowest BCUT2D eigenvalue weighted by atomic mass is 10.2. The molecule has 0 saturated heterocycles. The molecule has 0 saturated carbocycles. The van der Waals surface area contributed by atoms with Crippen LogP contribution in [0, 0.1) is 11.3 Å². The molecule has 0 radical (unpaired) electrons. The Morgan fingerprint density at radius 3 is 2.78 bits per heavy atom. The minimum Gasteiger partial charge on any atom is -0.211 e. The fourth-order valence-electron chi connectivity index (χ4n) is 1.85. The first-order valence-electron chi connectivity index (χ1n) is 5.30. The van der Waals surface area contributed by atoms with Crippen molar-refractivity contribution in [3.63, 3.8) is 0 Å². The molecule has 2 aromatic carbocycles. The summed E-state index contributed by atoms with van der Waals surface area (Å²) in [5.74, 6) is 0. The molecule has 3 rings (SSSR count). The summed E-state index contributed by atoms with van der Waals surface area (Å²) in [4.78, 5) is 0. The maximum Gasteiger partial charge on any atom is 0.113 e. The maximum atomic E-state index is 9.17. The molecule has 0 aliphatic rings. The normalized spacial score (nSPS) is 10.4. The van der Waals surface area contributed by atoms with Crippen molar-refractivity contribution < 1.29 is 0 Å². The summed E-state index contributed by atoms with van der Waals surface area (Å²) in [6.07, 6.45) is 0. The van der Waals surface area contributed by atoms with E-state index >= 15 is 0 Å². The van der Waals surface area contributed by atoms with Crippen LogP contribution in [0.15, 0.2) is 42.5 Å². The molecule has 5 heteroatoms. The van der Waals surface area contributed by atoms with Gasteiger partial charge < -0.3 is 0 Å². The predicted octanol–water partition coefficient (Wildman–Crippen LogP) is 2.95. The van der Waals surface area contributed by atoms with E-state index in [1.165, 1.54) is 0 Å². The standard InChI is InChI=1S/C13H7ClN4/c14-10-4-3-7-12(9(10)8-15)18-13-6-2-1-5-11(13)16-17-18/h1-7H. The second kappa shape index (κ2) is 4.13. The van der Waals surface area contributed by atoms with Crippen LogP contribution in [0.5, 0.6) is 0 Å². The lowest BCUT2D eigenvalue weighted by Crippen LogP contribution is -2.00. The number of rotatable bonds is 1. The first-order chi connectivity index (χ1) is 8.81. The van der Waals surface area contributed by atoms with Crippen molar-refractivity contribution in [1.29, 1.82) is 5.26 Å². The van der Waals surface area contributed by atoms with Gasteiger partial charge in [-0.3, -0.25) is 0 Å². The second-order valence-corrected chi connectivity index (χ2v) is 4.14. The molecule has 0 amide bonds. The molecule has 0 aliphatic carbocycles.